The summed E-state index contributed by atoms with van der Waals surface area (Å²) < 4.78 is 17.1. The van der Waals surface area contributed by atoms with Crippen molar-refractivity contribution in [3.8, 4) is 11.9 Å². The summed E-state index contributed by atoms with van der Waals surface area (Å²) in [7, 11) is 1.52. The molecule has 7 heteroatoms. The van der Waals surface area contributed by atoms with E-state index in [0.717, 1.165) is 17.0 Å². The molecule has 0 aliphatic heterocycles. The first-order valence-electron chi connectivity index (χ1n) is 7.81. The fraction of sp³-hybridized carbons (Fsp3) is 0.389. The fourth-order valence-electron chi connectivity index (χ4n) is 2.55. The average Bonchev–Trinajstić information content (AvgIpc) is 3.08. The van der Waals surface area contributed by atoms with Crippen LogP contribution in [0.1, 0.15) is 29.6 Å². The number of methoxy groups -OCH3 is 1. The van der Waals surface area contributed by atoms with Crippen LogP contribution in [0.15, 0.2) is 22.2 Å². The number of rotatable bonds is 6. The molecule has 0 aliphatic carbocycles. The highest BCUT2D eigenvalue weighted by atomic mass is 16.6. The van der Waals surface area contributed by atoms with E-state index in [4.69, 9.17) is 14.0 Å². The number of esters is 1. The first-order chi connectivity index (χ1) is 11.9. The standard InChI is InChI=1S/C18H21N3O4/c1-11-6-15(14(4)21(11)17-7-12(2)25-20-17)8-16(9-19)18(22)24-13(3)10-23-5/h6-8,13H,10H2,1-5H3. The number of carbonyl (C=O) groups is 1. The number of nitrogens with zero attached hydrogens (tertiary/aromatic N) is 3. The number of hydrogen-bond acceptors (Lipinski definition) is 6. The lowest BCUT2D eigenvalue weighted by Crippen LogP contribution is -2.20. The first-order valence-corrected chi connectivity index (χ1v) is 7.81. The Labute approximate surface area is 146 Å². The van der Waals surface area contributed by atoms with Crippen LogP contribution in [-0.4, -0.2) is 35.5 Å². The van der Waals surface area contributed by atoms with Crippen LogP contribution in [0, 0.1) is 32.1 Å². The van der Waals surface area contributed by atoms with E-state index in [0.29, 0.717) is 11.6 Å². The topological polar surface area (TPSA) is 90.3 Å². The van der Waals surface area contributed by atoms with Gasteiger partial charge in [0.05, 0.1) is 6.61 Å². The normalized spacial score (nSPS) is 12.7. The molecule has 2 aromatic rings. The molecule has 2 aromatic heterocycles. The van der Waals surface area contributed by atoms with Crippen molar-refractivity contribution in [2.45, 2.75) is 33.8 Å². The van der Waals surface area contributed by atoms with Gasteiger partial charge >= 0.3 is 5.97 Å². The quantitative estimate of drug-likeness (QED) is 0.455. The van der Waals surface area contributed by atoms with Gasteiger partial charge in [-0.3, -0.25) is 4.57 Å². The van der Waals surface area contributed by atoms with Gasteiger partial charge in [-0.05, 0) is 45.4 Å². The Morgan fingerprint density at radius 1 is 1.44 bits per heavy atom. The Morgan fingerprint density at radius 3 is 2.72 bits per heavy atom. The van der Waals surface area contributed by atoms with E-state index >= 15 is 0 Å². The maximum Gasteiger partial charge on any atom is 0.349 e. The summed E-state index contributed by atoms with van der Waals surface area (Å²) in [6.07, 6.45) is 1.09. The third-order valence-corrected chi connectivity index (χ3v) is 3.66. The van der Waals surface area contributed by atoms with Crippen LogP contribution >= 0.6 is 0 Å². The van der Waals surface area contributed by atoms with Crippen LogP contribution in [0.3, 0.4) is 0 Å². The second-order valence-corrected chi connectivity index (χ2v) is 5.80. The zero-order valence-corrected chi connectivity index (χ0v) is 15.0. The summed E-state index contributed by atoms with van der Waals surface area (Å²) in [5.41, 5.74) is 2.43. The van der Waals surface area contributed by atoms with Crippen molar-refractivity contribution in [3.63, 3.8) is 0 Å². The van der Waals surface area contributed by atoms with Crippen molar-refractivity contribution in [1.82, 2.24) is 9.72 Å². The van der Waals surface area contributed by atoms with Crippen LogP contribution in [0.4, 0.5) is 0 Å². The van der Waals surface area contributed by atoms with E-state index in [9.17, 15) is 10.1 Å². The minimum atomic E-state index is -0.672. The summed E-state index contributed by atoms with van der Waals surface area (Å²) in [5.74, 6) is 0.684. The molecule has 1 unspecified atom stereocenters. The molecular weight excluding hydrogens is 322 g/mol. The average molecular weight is 343 g/mol. The molecule has 2 heterocycles. The predicted molar refractivity (Wildman–Crippen MR) is 91.1 cm³/mol. The van der Waals surface area contributed by atoms with Gasteiger partial charge in [0.15, 0.2) is 5.82 Å². The van der Waals surface area contributed by atoms with Gasteiger partial charge in [0.1, 0.15) is 23.5 Å². The molecule has 0 spiro atoms. The van der Waals surface area contributed by atoms with Crippen LogP contribution in [0.2, 0.25) is 0 Å². The molecule has 7 nitrogen and oxygen atoms in total. The van der Waals surface area contributed by atoms with Gasteiger partial charge in [-0.1, -0.05) is 5.16 Å². The minimum Gasteiger partial charge on any atom is -0.456 e. The lowest BCUT2D eigenvalue weighted by Gasteiger charge is -2.11. The van der Waals surface area contributed by atoms with Crippen molar-refractivity contribution in [2.24, 2.45) is 0 Å². The minimum absolute atomic E-state index is 0.0699. The Balaban J connectivity index is 2.33. The summed E-state index contributed by atoms with van der Waals surface area (Å²) in [6.45, 7) is 7.59. The molecule has 0 N–H and O–H groups in total. The monoisotopic (exact) mass is 343 g/mol. The van der Waals surface area contributed by atoms with Gasteiger partial charge in [-0.2, -0.15) is 5.26 Å². The van der Waals surface area contributed by atoms with E-state index in [2.05, 4.69) is 5.16 Å². The summed E-state index contributed by atoms with van der Waals surface area (Å²) >= 11 is 0. The molecule has 0 saturated heterocycles. The molecule has 0 amide bonds. The third-order valence-electron chi connectivity index (χ3n) is 3.66. The summed E-state index contributed by atoms with van der Waals surface area (Å²) in [4.78, 5) is 12.1. The highest BCUT2D eigenvalue weighted by Crippen LogP contribution is 2.23. The van der Waals surface area contributed by atoms with Crippen molar-refractivity contribution in [2.75, 3.05) is 13.7 Å². The second kappa shape index (κ2) is 7.81. The van der Waals surface area contributed by atoms with E-state index in [1.165, 1.54) is 13.2 Å². The van der Waals surface area contributed by atoms with Crippen LogP contribution in [-0.2, 0) is 14.3 Å². The van der Waals surface area contributed by atoms with E-state index in [-0.39, 0.29) is 12.2 Å². The van der Waals surface area contributed by atoms with E-state index in [1.807, 2.05) is 43.5 Å². The molecule has 0 fully saturated rings. The SMILES string of the molecule is COCC(C)OC(=O)C(C#N)=Cc1cc(C)n(-c2cc(C)on2)c1C. The number of ether oxygens (including phenoxy) is 2. The van der Waals surface area contributed by atoms with Crippen molar-refractivity contribution in [3.05, 3.63) is 40.4 Å². The van der Waals surface area contributed by atoms with Crippen LogP contribution in [0.5, 0.6) is 0 Å². The molecule has 0 aliphatic rings. The second-order valence-electron chi connectivity index (χ2n) is 5.80. The number of aryl methyl sites for hydroxylation is 2. The number of aromatic nitrogens is 2. The maximum absolute atomic E-state index is 12.1. The first kappa shape index (κ1) is 18.5. The molecule has 0 radical (unpaired) electrons. The number of hydrogen-bond donors (Lipinski definition) is 0. The van der Waals surface area contributed by atoms with Crippen LogP contribution < -0.4 is 0 Å². The zero-order chi connectivity index (χ0) is 18.6. The van der Waals surface area contributed by atoms with Gasteiger partial charge in [0.25, 0.3) is 0 Å². The summed E-state index contributed by atoms with van der Waals surface area (Å²) in [6, 6.07) is 5.60. The number of carbonyl (C=O) groups excluding carboxylic acids is 1. The molecule has 0 aromatic carbocycles. The largest absolute Gasteiger partial charge is 0.456 e. The van der Waals surface area contributed by atoms with Gasteiger partial charge < -0.3 is 14.0 Å². The van der Waals surface area contributed by atoms with Crippen LogP contribution in [0.25, 0.3) is 11.9 Å². The Morgan fingerprint density at radius 2 is 2.16 bits per heavy atom. The molecule has 132 valence electrons. The molecule has 2 rings (SSSR count). The Kier molecular flexibility index (Phi) is 5.78. The molecule has 0 bridgehead atoms. The van der Waals surface area contributed by atoms with E-state index < -0.39 is 12.1 Å². The smallest absolute Gasteiger partial charge is 0.349 e. The predicted octanol–water partition coefficient (Wildman–Crippen LogP) is 2.88. The van der Waals surface area contributed by atoms with Crippen molar-refractivity contribution in [1.29, 1.82) is 5.26 Å². The molecule has 1 atom stereocenters. The molecule has 0 saturated carbocycles. The van der Waals surface area contributed by atoms with Crippen molar-refractivity contribution < 1.29 is 18.8 Å². The lowest BCUT2D eigenvalue weighted by molar-refractivity contribution is -0.145. The van der Waals surface area contributed by atoms with Gasteiger partial charge in [0, 0.05) is 24.6 Å². The lowest BCUT2D eigenvalue weighted by atomic mass is 10.1. The van der Waals surface area contributed by atoms with Gasteiger partial charge in [-0.15, -0.1) is 0 Å². The van der Waals surface area contributed by atoms with Gasteiger partial charge in [0.2, 0.25) is 0 Å². The zero-order valence-electron chi connectivity index (χ0n) is 15.0. The van der Waals surface area contributed by atoms with Gasteiger partial charge in [-0.25, -0.2) is 4.79 Å². The summed E-state index contributed by atoms with van der Waals surface area (Å²) in [5, 5.41) is 13.3. The third kappa shape index (κ3) is 4.17. The van der Waals surface area contributed by atoms with E-state index in [1.54, 1.807) is 6.92 Å². The highest BCUT2D eigenvalue weighted by Gasteiger charge is 2.17. The Bertz CT molecular complexity index is 839. The number of nitriles is 1. The maximum atomic E-state index is 12.1. The highest BCUT2D eigenvalue weighted by molar-refractivity contribution is 5.98. The Hall–Kier alpha value is -2.85. The fourth-order valence-corrected chi connectivity index (χ4v) is 2.55. The molecule has 25 heavy (non-hydrogen) atoms. The van der Waals surface area contributed by atoms with Crippen molar-refractivity contribution >= 4 is 12.0 Å². The molecular formula is C18H21N3O4.